The first kappa shape index (κ1) is 11.5. The van der Waals surface area contributed by atoms with E-state index in [9.17, 15) is 0 Å². The molecule has 0 fully saturated rings. The fraction of sp³-hybridized carbons (Fsp3) is 0.800. The SMILES string of the molecule is CC#CCCC(CCCC)NN. The van der Waals surface area contributed by atoms with E-state index in [4.69, 9.17) is 5.84 Å². The van der Waals surface area contributed by atoms with E-state index in [1.54, 1.807) is 0 Å². The van der Waals surface area contributed by atoms with Gasteiger partial charge in [0.1, 0.15) is 0 Å². The first-order chi connectivity index (χ1) is 5.85. The van der Waals surface area contributed by atoms with E-state index >= 15 is 0 Å². The van der Waals surface area contributed by atoms with Crippen LogP contribution in [0.5, 0.6) is 0 Å². The number of unbranched alkanes of at least 4 members (excludes halogenated alkanes) is 1. The molecular weight excluding hydrogens is 148 g/mol. The van der Waals surface area contributed by atoms with Crippen molar-refractivity contribution in [2.24, 2.45) is 5.84 Å². The average Bonchev–Trinajstić information content (AvgIpc) is 2.11. The summed E-state index contributed by atoms with van der Waals surface area (Å²) in [6.07, 6.45) is 5.66. The molecule has 0 bridgehead atoms. The van der Waals surface area contributed by atoms with E-state index in [-0.39, 0.29) is 0 Å². The highest BCUT2D eigenvalue weighted by molar-refractivity contribution is 4.95. The lowest BCUT2D eigenvalue weighted by Gasteiger charge is -2.13. The molecule has 70 valence electrons. The molecule has 0 saturated carbocycles. The first-order valence-corrected chi connectivity index (χ1v) is 4.70. The third-order valence-corrected chi connectivity index (χ3v) is 1.94. The van der Waals surface area contributed by atoms with E-state index in [1.807, 2.05) is 6.92 Å². The summed E-state index contributed by atoms with van der Waals surface area (Å²) in [6, 6.07) is 0.450. The Balaban J connectivity index is 3.43. The summed E-state index contributed by atoms with van der Waals surface area (Å²) < 4.78 is 0. The number of nitrogens with one attached hydrogen (secondary N) is 1. The molecule has 0 amide bonds. The van der Waals surface area contributed by atoms with E-state index in [0.29, 0.717) is 6.04 Å². The standard InChI is InChI=1S/C10H20N2/c1-3-5-7-9-10(12-11)8-6-4-2/h10,12H,4,6-9,11H2,1-2H3. The minimum atomic E-state index is 0.450. The minimum absolute atomic E-state index is 0.450. The monoisotopic (exact) mass is 168 g/mol. The Morgan fingerprint density at radius 1 is 1.42 bits per heavy atom. The Kier molecular flexibility index (Phi) is 8.20. The van der Waals surface area contributed by atoms with Crippen molar-refractivity contribution in [1.29, 1.82) is 0 Å². The first-order valence-electron chi connectivity index (χ1n) is 4.70. The zero-order chi connectivity index (χ0) is 9.23. The Labute approximate surface area is 75.9 Å². The van der Waals surface area contributed by atoms with Crippen LogP contribution in [0.4, 0.5) is 0 Å². The predicted octanol–water partition coefficient (Wildman–Crippen LogP) is 1.81. The van der Waals surface area contributed by atoms with Crippen LogP contribution in [0, 0.1) is 11.8 Å². The molecule has 3 N–H and O–H groups in total. The van der Waals surface area contributed by atoms with Crippen molar-refractivity contribution in [3.05, 3.63) is 0 Å². The number of hydrogen-bond donors (Lipinski definition) is 2. The van der Waals surface area contributed by atoms with Gasteiger partial charge in [-0.3, -0.25) is 11.3 Å². The Morgan fingerprint density at radius 2 is 2.17 bits per heavy atom. The van der Waals surface area contributed by atoms with Gasteiger partial charge in [-0.25, -0.2) is 0 Å². The molecule has 0 aliphatic heterocycles. The molecule has 0 aromatic carbocycles. The van der Waals surface area contributed by atoms with Crippen molar-refractivity contribution in [3.8, 4) is 11.8 Å². The van der Waals surface area contributed by atoms with Crippen LogP contribution in [0.1, 0.15) is 46.0 Å². The molecule has 1 unspecified atom stereocenters. The van der Waals surface area contributed by atoms with Gasteiger partial charge >= 0.3 is 0 Å². The molecule has 0 aliphatic rings. The van der Waals surface area contributed by atoms with E-state index in [1.165, 1.54) is 19.3 Å². The van der Waals surface area contributed by atoms with Gasteiger partial charge in [-0.15, -0.1) is 11.8 Å². The Bertz CT molecular complexity index is 144. The van der Waals surface area contributed by atoms with Crippen LogP contribution in [-0.2, 0) is 0 Å². The maximum Gasteiger partial charge on any atom is 0.0219 e. The topological polar surface area (TPSA) is 38.0 Å². The lowest BCUT2D eigenvalue weighted by Crippen LogP contribution is -2.34. The molecule has 0 aromatic rings. The molecule has 1 atom stereocenters. The number of hydrazine groups is 1. The van der Waals surface area contributed by atoms with Gasteiger partial charge in [0.2, 0.25) is 0 Å². The largest absolute Gasteiger partial charge is 0.271 e. The molecule has 0 saturated heterocycles. The maximum absolute atomic E-state index is 5.40. The second-order valence-corrected chi connectivity index (χ2v) is 2.97. The highest BCUT2D eigenvalue weighted by Crippen LogP contribution is 2.05. The van der Waals surface area contributed by atoms with Crippen LogP contribution < -0.4 is 11.3 Å². The number of hydrogen-bond acceptors (Lipinski definition) is 2. The Hall–Kier alpha value is -0.520. The lowest BCUT2D eigenvalue weighted by atomic mass is 10.1. The van der Waals surface area contributed by atoms with Crippen molar-refractivity contribution in [3.63, 3.8) is 0 Å². The second-order valence-electron chi connectivity index (χ2n) is 2.97. The summed E-state index contributed by atoms with van der Waals surface area (Å²) in [5.41, 5.74) is 2.83. The van der Waals surface area contributed by atoms with Crippen molar-refractivity contribution in [2.45, 2.75) is 52.0 Å². The van der Waals surface area contributed by atoms with Crippen LogP contribution in [0.15, 0.2) is 0 Å². The van der Waals surface area contributed by atoms with E-state index in [0.717, 1.165) is 12.8 Å². The summed E-state index contributed by atoms with van der Waals surface area (Å²) in [6.45, 7) is 4.07. The molecule has 0 aliphatic carbocycles. The quantitative estimate of drug-likeness (QED) is 0.360. The molecule has 0 spiro atoms. The van der Waals surface area contributed by atoms with Gasteiger partial charge in [0, 0.05) is 12.5 Å². The number of rotatable bonds is 6. The van der Waals surface area contributed by atoms with Crippen LogP contribution >= 0.6 is 0 Å². The highest BCUT2D eigenvalue weighted by Gasteiger charge is 2.03. The zero-order valence-corrected chi connectivity index (χ0v) is 8.19. The van der Waals surface area contributed by atoms with Gasteiger partial charge in [-0.1, -0.05) is 19.8 Å². The van der Waals surface area contributed by atoms with E-state index < -0.39 is 0 Å². The highest BCUT2D eigenvalue weighted by atomic mass is 15.2. The van der Waals surface area contributed by atoms with Gasteiger partial charge in [0.25, 0.3) is 0 Å². The molecule has 0 aromatic heterocycles. The zero-order valence-electron chi connectivity index (χ0n) is 8.19. The van der Waals surface area contributed by atoms with Crippen LogP contribution in [-0.4, -0.2) is 6.04 Å². The molecule has 12 heavy (non-hydrogen) atoms. The van der Waals surface area contributed by atoms with Crippen molar-refractivity contribution >= 4 is 0 Å². The summed E-state index contributed by atoms with van der Waals surface area (Å²) in [7, 11) is 0. The summed E-state index contributed by atoms with van der Waals surface area (Å²) >= 11 is 0. The second kappa shape index (κ2) is 8.58. The Morgan fingerprint density at radius 3 is 2.67 bits per heavy atom. The smallest absolute Gasteiger partial charge is 0.0219 e. The van der Waals surface area contributed by atoms with Crippen molar-refractivity contribution in [1.82, 2.24) is 5.43 Å². The molecule has 0 radical (unpaired) electrons. The van der Waals surface area contributed by atoms with Gasteiger partial charge in [0.15, 0.2) is 0 Å². The molecular formula is C10H20N2. The molecule has 0 heterocycles. The maximum atomic E-state index is 5.40. The fourth-order valence-corrected chi connectivity index (χ4v) is 1.13. The van der Waals surface area contributed by atoms with Crippen molar-refractivity contribution < 1.29 is 0 Å². The average molecular weight is 168 g/mol. The summed E-state index contributed by atoms with van der Waals surface area (Å²) in [4.78, 5) is 0. The normalized spacial score (nSPS) is 11.9. The van der Waals surface area contributed by atoms with Gasteiger partial charge in [-0.2, -0.15) is 0 Å². The van der Waals surface area contributed by atoms with Gasteiger partial charge in [0.05, 0.1) is 0 Å². The fourth-order valence-electron chi connectivity index (χ4n) is 1.13. The summed E-state index contributed by atoms with van der Waals surface area (Å²) in [5, 5.41) is 0. The van der Waals surface area contributed by atoms with Gasteiger partial charge in [-0.05, 0) is 19.8 Å². The minimum Gasteiger partial charge on any atom is -0.271 e. The van der Waals surface area contributed by atoms with Crippen LogP contribution in [0.3, 0.4) is 0 Å². The van der Waals surface area contributed by atoms with Crippen molar-refractivity contribution in [2.75, 3.05) is 0 Å². The molecule has 2 heteroatoms. The van der Waals surface area contributed by atoms with Gasteiger partial charge < -0.3 is 0 Å². The number of nitrogens with two attached hydrogens (primary N) is 1. The lowest BCUT2D eigenvalue weighted by molar-refractivity contribution is 0.454. The predicted molar refractivity (Wildman–Crippen MR) is 53.3 cm³/mol. The molecule has 0 rings (SSSR count). The van der Waals surface area contributed by atoms with Crippen LogP contribution in [0.2, 0.25) is 0 Å². The third kappa shape index (κ3) is 6.21. The van der Waals surface area contributed by atoms with Crippen LogP contribution in [0.25, 0.3) is 0 Å². The third-order valence-electron chi connectivity index (χ3n) is 1.94. The summed E-state index contributed by atoms with van der Waals surface area (Å²) in [5.74, 6) is 11.3. The van der Waals surface area contributed by atoms with E-state index in [2.05, 4.69) is 24.2 Å². The molecule has 2 nitrogen and oxygen atoms in total.